The van der Waals surface area contributed by atoms with Crippen molar-refractivity contribution in [3.8, 4) is 11.1 Å². The van der Waals surface area contributed by atoms with E-state index in [1.54, 1.807) is 13.0 Å². The molecule has 5 aromatic rings. The van der Waals surface area contributed by atoms with Gasteiger partial charge in [-0.25, -0.2) is 9.18 Å². The van der Waals surface area contributed by atoms with Crippen LogP contribution in [-0.2, 0) is 33.0 Å². The second kappa shape index (κ2) is 8.94. The van der Waals surface area contributed by atoms with Crippen LogP contribution < -0.4 is 16.0 Å². The number of nitrogens with one attached hydrogen (secondary N) is 3. The lowest BCUT2D eigenvalue weighted by molar-refractivity contribution is 0.0966. The van der Waals surface area contributed by atoms with Crippen LogP contribution in [-0.4, -0.2) is 26.3 Å². The zero-order valence-corrected chi connectivity index (χ0v) is 22.6. The normalized spacial score (nSPS) is 13.8. The van der Waals surface area contributed by atoms with Crippen molar-refractivity contribution in [3.63, 3.8) is 0 Å². The number of urea groups is 1. The van der Waals surface area contributed by atoms with Crippen molar-refractivity contribution >= 4 is 45.1 Å². The van der Waals surface area contributed by atoms with E-state index in [0.717, 1.165) is 70.0 Å². The minimum Gasteiger partial charge on any atom is -0.348 e. The monoisotopic (exact) mass is 536 g/mol. The highest BCUT2D eigenvalue weighted by Crippen LogP contribution is 2.47. The van der Waals surface area contributed by atoms with E-state index in [1.807, 2.05) is 36.1 Å². The molecule has 0 atom stereocenters. The summed E-state index contributed by atoms with van der Waals surface area (Å²) in [5.74, 6) is -0.369. The van der Waals surface area contributed by atoms with Crippen LogP contribution in [0.4, 0.5) is 20.6 Å². The van der Waals surface area contributed by atoms with Gasteiger partial charge in [-0.3, -0.25) is 9.48 Å². The van der Waals surface area contributed by atoms with Gasteiger partial charge in [0.15, 0.2) is 0 Å². The Labute approximate surface area is 230 Å². The second-order valence-corrected chi connectivity index (χ2v) is 10.7. The van der Waals surface area contributed by atoms with Gasteiger partial charge in [0, 0.05) is 65.1 Å². The Morgan fingerprint density at radius 3 is 2.62 bits per heavy atom. The number of hydrogen-bond acceptors (Lipinski definition) is 3. The van der Waals surface area contributed by atoms with Gasteiger partial charge in [-0.1, -0.05) is 6.92 Å². The van der Waals surface area contributed by atoms with Gasteiger partial charge in [0.05, 0.1) is 16.8 Å². The molecular weight excluding hydrogens is 507 g/mol. The zero-order valence-electron chi connectivity index (χ0n) is 22.6. The molecule has 3 amide bonds. The molecule has 1 aliphatic heterocycles. The molecule has 2 aliphatic rings. The van der Waals surface area contributed by atoms with Crippen molar-refractivity contribution in [1.29, 1.82) is 0 Å². The number of nitrogens with zero attached hydrogens (tertiary/aromatic N) is 3. The molecule has 8 nitrogen and oxygen atoms in total. The van der Waals surface area contributed by atoms with E-state index in [4.69, 9.17) is 0 Å². The smallest absolute Gasteiger partial charge is 0.323 e. The van der Waals surface area contributed by atoms with Crippen LogP contribution in [0, 0.1) is 12.7 Å². The minimum absolute atomic E-state index is 0.0514. The fraction of sp³-hybridized carbons (Fsp3) is 0.258. The summed E-state index contributed by atoms with van der Waals surface area (Å²) in [5, 5.41) is 15.5. The number of halogens is 1. The molecule has 0 fully saturated rings. The number of aryl methyl sites for hydroxylation is 5. The Hall–Kier alpha value is -4.66. The van der Waals surface area contributed by atoms with Crippen molar-refractivity contribution in [2.75, 3.05) is 10.6 Å². The summed E-state index contributed by atoms with van der Waals surface area (Å²) in [7, 11) is 1.92. The average molecular weight is 537 g/mol. The highest BCUT2D eigenvalue weighted by Gasteiger charge is 2.35. The predicted molar refractivity (Wildman–Crippen MR) is 154 cm³/mol. The molecule has 0 spiro atoms. The molecule has 0 saturated heterocycles. The largest absolute Gasteiger partial charge is 0.348 e. The summed E-state index contributed by atoms with van der Waals surface area (Å²) in [6, 6.07) is 10.00. The summed E-state index contributed by atoms with van der Waals surface area (Å²) in [6.07, 6.45) is 4.61. The average Bonchev–Trinajstić information content (AvgIpc) is 3.59. The van der Waals surface area contributed by atoms with Crippen LogP contribution in [0.2, 0.25) is 0 Å². The third-order valence-corrected chi connectivity index (χ3v) is 8.06. The Bertz CT molecular complexity index is 1900. The molecule has 3 N–H and O–H groups in total. The van der Waals surface area contributed by atoms with Gasteiger partial charge < -0.3 is 20.5 Å². The van der Waals surface area contributed by atoms with Gasteiger partial charge in [0.1, 0.15) is 5.82 Å². The van der Waals surface area contributed by atoms with E-state index in [1.165, 1.54) is 23.2 Å². The number of hydrogen-bond donors (Lipinski definition) is 3. The molecule has 0 saturated carbocycles. The molecule has 0 unspecified atom stereocenters. The number of fused-ring (bicyclic) bond motifs is 10. The molecule has 202 valence electrons. The van der Waals surface area contributed by atoms with E-state index in [2.05, 4.69) is 32.5 Å². The molecule has 2 aromatic heterocycles. The molecule has 0 radical (unpaired) electrons. The van der Waals surface area contributed by atoms with E-state index >= 15 is 0 Å². The van der Waals surface area contributed by atoms with Crippen LogP contribution >= 0.6 is 0 Å². The number of aromatic nitrogens is 3. The predicted octanol–water partition coefficient (Wildman–Crippen LogP) is 6.04. The Morgan fingerprint density at radius 1 is 1.07 bits per heavy atom. The fourth-order valence-corrected chi connectivity index (χ4v) is 6.47. The highest BCUT2D eigenvalue weighted by molar-refractivity contribution is 6.20. The van der Waals surface area contributed by atoms with E-state index in [9.17, 15) is 14.0 Å². The van der Waals surface area contributed by atoms with Crippen molar-refractivity contribution in [2.24, 2.45) is 7.05 Å². The van der Waals surface area contributed by atoms with Crippen LogP contribution in [0.25, 0.3) is 32.9 Å². The van der Waals surface area contributed by atoms with Crippen molar-refractivity contribution in [3.05, 3.63) is 76.4 Å². The van der Waals surface area contributed by atoms with Crippen molar-refractivity contribution in [1.82, 2.24) is 19.7 Å². The number of carbonyl (C=O) groups excluding carboxylic acids is 2. The van der Waals surface area contributed by atoms with Crippen LogP contribution in [0.5, 0.6) is 0 Å². The number of anilines is 2. The topological polar surface area (TPSA) is 93.0 Å². The quantitative estimate of drug-likeness (QED) is 0.262. The fourth-order valence-electron chi connectivity index (χ4n) is 6.47. The van der Waals surface area contributed by atoms with Crippen LogP contribution in [0.3, 0.4) is 0 Å². The number of benzene rings is 3. The first-order valence-electron chi connectivity index (χ1n) is 13.6. The van der Waals surface area contributed by atoms with Crippen molar-refractivity contribution in [2.45, 2.75) is 46.2 Å². The minimum atomic E-state index is -0.411. The maximum absolute atomic E-state index is 13.7. The maximum Gasteiger partial charge on any atom is 0.323 e. The van der Waals surface area contributed by atoms with Gasteiger partial charge >= 0.3 is 6.03 Å². The van der Waals surface area contributed by atoms with Crippen LogP contribution in [0.1, 0.15) is 46.1 Å². The molecule has 40 heavy (non-hydrogen) atoms. The second-order valence-electron chi connectivity index (χ2n) is 10.7. The molecule has 0 bridgehead atoms. The van der Waals surface area contributed by atoms with Crippen molar-refractivity contribution < 1.29 is 14.0 Å². The Balaban J connectivity index is 1.40. The van der Waals surface area contributed by atoms with Gasteiger partial charge in [0.25, 0.3) is 5.91 Å². The number of carbonyl (C=O) groups is 2. The number of rotatable bonds is 4. The lowest BCUT2D eigenvalue weighted by Gasteiger charge is -2.21. The molecule has 3 heterocycles. The first-order valence-corrected chi connectivity index (χ1v) is 13.6. The Kier molecular flexibility index (Phi) is 5.45. The lowest BCUT2D eigenvalue weighted by atomic mass is 9.82. The molecule has 3 aromatic carbocycles. The zero-order chi connectivity index (χ0) is 27.7. The summed E-state index contributed by atoms with van der Waals surface area (Å²) in [4.78, 5) is 26.1. The van der Waals surface area contributed by atoms with E-state index in [0.29, 0.717) is 23.5 Å². The van der Waals surface area contributed by atoms with Gasteiger partial charge in [0.2, 0.25) is 0 Å². The first-order chi connectivity index (χ1) is 19.3. The lowest BCUT2D eigenvalue weighted by Crippen LogP contribution is -2.19. The third kappa shape index (κ3) is 3.61. The first kappa shape index (κ1) is 24.4. The standard InChI is InChI=1S/C31H29FN6O2/c1-4-11-38-25-10-6-18(35-31(40)34-17-5-8-23(32)16(2)12-17)13-20(25)27-21-14-33-30(39)28(21)26-19(29(27)38)7-9-24-22(26)15-37(3)36-24/h5-6,8,10,12-13,15H,4,7,9,11,14H2,1-3H3,(H,33,39)(H2,34,35,40). The van der Waals surface area contributed by atoms with Gasteiger partial charge in [-0.15, -0.1) is 0 Å². The molecular formula is C31H29FN6O2. The SMILES string of the molecule is CCCn1c2ccc(NC(=O)Nc3ccc(F)c(C)c3)cc2c2c3c(c4c(c21)CCc1nn(C)cc1-4)C(=O)NC3. The summed E-state index contributed by atoms with van der Waals surface area (Å²) >= 11 is 0. The summed E-state index contributed by atoms with van der Waals surface area (Å²) in [6.45, 7) is 5.12. The Morgan fingerprint density at radius 2 is 1.85 bits per heavy atom. The molecule has 1 aliphatic carbocycles. The molecule has 7 rings (SSSR count). The van der Waals surface area contributed by atoms with E-state index in [-0.39, 0.29) is 11.7 Å². The third-order valence-electron chi connectivity index (χ3n) is 8.06. The van der Waals surface area contributed by atoms with Gasteiger partial charge in [-0.05, 0) is 79.3 Å². The summed E-state index contributed by atoms with van der Waals surface area (Å²) in [5.41, 5.74) is 9.87. The number of amides is 3. The highest BCUT2D eigenvalue weighted by atomic mass is 19.1. The van der Waals surface area contributed by atoms with E-state index < -0.39 is 6.03 Å². The maximum atomic E-state index is 13.7. The van der Waals surface area contributed by atoms with Gasteiger partial charge in [-0.2, -0.15) is 5.10 Å². The summed E-state index contributed by atoms with van der Waals surface area (Å²) < 4.78 is 17.9. The molecule has 9 heteroatoms. The van der Waals surface area contributed by atoms with Crippen LogP contribution in [0.15, 0.2) is 42.6 Å².